The van der Waals surface area contributed by atoms with Crippen LogP contribution < -0.4 is 5.32 Å². The van der Waals surface area contributed by atoms with Crippen molar-refractivity contribution < 1.29 is 8.42 Å². The highest BCUT2D eigenvalue weighted by Gasteiger charge is 2.38. The van der Waals surface area contributed by atoms with Crippen LogP contribution in [0.15, 0.2) is 88.7 Å². The highest BCUT2D eigenvalue weighted by atomic mass is 32.2. The van der Waals surface area contributed by atoms with Crippen molar-refractivity contribution in [2.75, 3.05) is 11.6 Å². The summed E-state index contributed by atoms with van der Waals surface area (Å²) in [6.45, 7) is 0.305. The minimum Gasteiger partial charge on any atom is -0.364 e. The molecule has 27 heavy (non-hydrogen) atoms. The lowest BCUT2D eigenvalue weighted by atomic mass is 10.1. The Balaban J connectivity index is 1.81. The Morgan fingerprint density at radius 1 is 0.926 bits per heavy atom. The topological polar surface area (TPSA) is 49.4 Å². The molecule has 1 unspecified atom stereocenters. The standard InChI is InChI=1S/C21H20N2O2S2/c1-26-18-13-11-17(12-14-18)21-22-19-9-5-6-10-20(19)27(24,25)23(21)15-16-7-3-2-4-8-16/h2-14,21-22H,15H2,1H3. The number of nitrogens with zero attached hydrogens (tertiary/aromatic N) is 1. The van der Waals surface area contributed by atoms with E-state index in [0.717, 1.165) is 16.0 Å². The van der Waals surface area contributed by atoms with Gasteiger partial charge in [-0.15, -0.1) is 11.8 Å². The normalized spacial score (nSPS) is 18.5. The number of para-hydroxylation sites is 1. The summed E-state index contributed by atoms with van der Waals surface area (Å²) in [6.07, 6.45) is 1.57. The number of hydrogen-bond donors (Lipinski definition) is 1. The molecule has 3 aromatic carbocycles. The Labute approximate surface area is 164 Å². The van der Waals surface area contributed by atoms with Gasteiger partial charge in [0.2, 0.25) is 10.0 Å². The van der Waals surface area contributed by atoms with E-state index in [1.165, 1.54) is 0 Å². The molecular weight excluding hydrogens is 376 g/mol. The SMILES string of the molecule is CSc1ccc(C2Nc3ccccc3S(=O)(=O)N2Cc2ccccc2)cc1. The van der Waals surface area contributed by atoms with Gasteiger partial charge in [0.1, 0.15) is 11.1 Å². The molecule has 6 heteroatoms. The minimum absolute atomic E-state index is 0.305. The third kappa shape index (κ3) is 3.48. The molecule has 1 heterocycles. The average molecular weight is 397 g/mol. The van der Waals surface area contributed by atoms with Crippen molar-refractivity contribution in [1.29, 1.82) is 0 Å². The van der Waals surface area contributed by atoms with Gasteiger partial charge in [-0.1, -0.05) is 54.6 Å². The minimum atomic E-state index is -3.63. The number of sulfonamides is 1. The molecule has 3 aromatic rings. The van der Waals surface area contributed by atoms with Crippen LogP contribution in [0.5, 0.6) is 0 Å². The Morgan fingerprint density at radius 2 is 1.59 bits per heavy atom. The number of rotatable bonds is 4. The zero-order chi connectivity index (χ0) is 18.9. The maximum absolute atomic E-state index is 13.4. The Hall–Kier alpha value is -2.28. The zero-order valence-corrected chi connectivity index (χ0v) is 16.5. The number of thioether (sulfide) groups is 1. The van der Waals surface area contributed by atoms with Gasteiger partial charge in [0.05, 0.1) is 5.69 Å². The van der Waals surface area contributed by atoms with E-state index in [1.807, 2.05) is 73.0 Å². The lowest BCUT2D eigenvalue weighted by Crippen LogP contribution is -2.42. The first-order valence-electron chi connectivity index (χ1n) is 8.65. The molecule has 0 saturated heterocycles. The molecule has 1 aliphatic heterocycles. The van der Waals surface area contributed by atoms with Gasteiger partial charge in [-0.2, -0.15) is 4.31 Å². The van der Waals surface area contributed by atoms with E-state index in [-0.39, 0.29) is 0 Å². The number of fused-ring (bicyclic) bond motifs is 1. The number of nitrogens with one attached hydrogen (secondary N) is 1. The maximum atomic E-state index is 13.4. The predicted octanol–water partition coefficient (Wildman–Crippen LogP) is 4.72. The first-order chi connectivity index (χ1) is 13.1. The van der Waals surface area contributed by atoms with E-state index in [4.69, 9.17) is 0 Å². The van der Waals surface area contributed by atoms with Gasteiger partial charge in [-0.25, -0.2) is 8.42 Å². The van der Waals surface area contributed by atoms with Gasteiger partial charge in [0, 0.05) is 11.4 Å². The molecule has 1 N–H and O–H groups in total. The van der Waals surface area contributed by atoms with Gasteiger partial charge in [-0.3, -0.25) is 0 Å². The summed E-state index contributed by atoms with van der Waals surface area (Å²) in [5.74, 6) is 0. The van der Waals surface area contributed by atoms with Crippen molar-refractivity contribution >= 4 is 27.5 Å². The van der Waals surface area contributed by atoms with Crippen LogP contribution in [0.3, 0.4) is 0 Å². The number of hydrogen-bond acceptors (Lipinski definition) is 4. The predicted molar refractivity (Wildman–Crippen MR) is 110 cm³/mol. The van der Waals surface area contributed by atoms with Crippen LogP contribution in [0.1, 0.15) is 17.3 Å². The lowest BCUT2D eigenvalue weighted by Gasteiger charge is -2.37. The zero-order valence-electron chi connectivity index (χ0n) is 14.9. The van der Waals surface area contributed by atoms with Crippen molar-refractivity contribution in [3.63, 3.8) is 0 Å². The largest absolute Gasteiger partial charge is 0.364 e. The third-order valence-electron chi connectivity index (χ3n) is 4.67. The van der Waals surface area contributed by atoms with Crippen molar-refractivity contribution in [2.24, 2.45) is 0 Å². The summed E-state index contributed by atoms with van der Waals surface area (Å²) in [4.78, 5) is 1.46. The first-order valence-corrected chi connectivity index (χ1v) is 11.3. The van der Waals surface area contributed by atoms with Crippen LogP contribution in [0, 0.1) is 0 Å². The van der Waals surface area contributed by atoms with E-state index < -0.39 is 16.2 Å². The summed E-state index contributed by atoms with van der Waals surface area (Å²) >= 11 is 1.66. The summed E-state index contributed by atoms with van der Waals surface area (Å²) in [5.41, 5.74) is 2.51. The molecule has 0 amide bonds. The van der Waals surface area contributed by atoms with E-state index in [1.54, 1.807) is 28.2 Å². The second kappa shape index (κ2) is 7.38. The van der Waals surface area contributed by atoms with Gasteiger partial charge in [0.15, 0.2) is 0 Å². The Kier molecular flexibility index (Phi) is 4.95. The number of anilines is 1. The maximum Gasteiger partial charge on any atom is 0.247 e. The third-order valence-corrected chi connectivity index (χ3v) is 7.28. The van der Waals surface area contributed by atoms with Gasteiger partial charge in [0.25, 0.3) is 0 Å². The molecule has 0 radical (unpaired) electrons. The fourth-order valence-corrected chi connectivity index (χ4v) is 5.36. The van der Waals surface area contributed by atoms with E-state index in [0.29, 0.717) is 17.1 Å². The molecule has 0 spiro atoms. The van der Waals surface area contributed by atoms with Gasteiger partial charge in [-0.05, 0) is 41.6 Å². The van der Waals surface area contributed by atoms with Crippen LogP contribution in [-0.2, 0) is 16.6 Å². The Bertz CT molecular complexity index is 1040. The van der Waals surface area contributed by atoms with Crippen molar-refractivity contribution in [2.45, 2.75) is 22.5 Å². The fourth-order valence-electron chi connectivity index (χ4n) is 3.27. The molecule has 0 aromatic heterocycles. The molecular formula is C21H20N2O2S2. The van der Waals surface area contributed by atoms with Crippen LogP contribution >= 0.6 is 11.8 Å². The van der Waals surface area contributed by atoms with E-state index in [2.05, 4.69) is 5.32 Å². The van der Waals surface area contributed by atoms with Crippen LogP contribution in [0.4, 0.5) is 5.69 Å². The Morgan fingerprint density at radius 3 is 2.30 bits per heavy atom. The summed E-state index contributed by atoms with van der Waals surface area (Å²) in [6, 6.07) is 24.8. The lowest BCUT2D eigenvalue weighted by molar-refractivity contribution is 0.336. The second-order valence-corrected chi connectivity index (χ2v) is 9.09. The molecule has 1 aliphatic rings. The quantitative estimate of drug-likeness (QED) is 0.648. The highest BCUT2D eigenvalue weighted by Crippen LogP contribution is 2.39. The van der Waals surface area contributed by atoms with Crippen LogP contribution in [-0.4, -0.2) is 19.0 Å². The average Bonchev–Trinajstić information content (AvgIpc) is 2.71. The molecule has 4 nitrogen and oxygen atoms in total. The molecule has 138 valence electrons. The summed E-state index contributed by atoms with van der Waals surface area (Å²) < 4.78 is 28.3. The van der Waals surface area contributed by atoms with E-state index in [9.17, 15) is 8.42 Å². The van der Waals surface area contributed by atoms with Gasteiger partial charge >= 0.3 is 0 Å². The molecule has 0 aliphatic carbocycles. The fraction of sp³-hybridized carbons (Fsp3) is 0.143. The van der Waals surface area contributed by atoms with Gasteiger partial charge < -0.3 is 5.32 Å². The monoisotopic (exact) mass is 396 g/mol. The molecule has 4 rings (SSSR count). The summed E-state index contributed by atoms with van der Waals surface area (Å²) in [7, 11) is -3.63. The number of benzene rings is 3. The molecule has 0 bridgehead atoms. The second-order valence-electron chi connectivity index (χ2n) is 6.35. The smallest absolute Gasteiger partial charge is 0.247 e. The molecule has 0 saturated carbocycles. The molecule has 1 atom stereocenters. The van der Waals surface area contributed by atoms with Crippen molar-refractivity contribution in [3.05, 3.63) is 90.0 Å². The van der Waals surface area contributed by atoms with Crippen molar-refractivity contribution in [3.8, 4) is 0 Å². The van der Waals surface area contributed by atoms with Crippen LogP contribution in [0.25, 0.3) is 0 Å². The first kappa shape index (κ1) is 18.1. The molecule has 0 fully saturated rings. The summed E-state index contributed by atoms with van der Waals surface area (Å²) in [5, 5.41) is 3.42. The van der Waals surface area contributed by atoms with Crippen molar-refractivity contribution in [1.82, 2.24) is 4.31 Å². The highest BCUT2D eigenvalue weighted by molar-refractivity contribution is 7.98. The van der Waals surface area contributed by atoms with E-state index >= 15 is 0 Å². The van der Waals surface area contributed by atoms with Crippen LogP contribution in [0.2, 0.25) is 0 Å².